The molecule has 0 aliphatic heterocycles. The van der Waals surface area contributed by atoms with Gasteiger partial charge in [-0.25, -0.2) is 0 Å². The van der Waals surface area contributed by atoms with E-state index in [1.54, 1.807) is 0 Å². The van der Waals surface area contributed by atoms with E-state index in [-0.39, 0.29) is 5.41 Å². The predicted molar refractivity (Wildman–Crippen MR) is 269 cm³/mol. The molecular formula is C61H42N2O. The Morgan fingerprint density at radius 3 is 1.89 bits per heavy atom. The molecule has 0 fully saturated rings. The fraction of sp³-hybridized carbons (Fsp3) is 0.0492. The van der Waals surface area contributed by atoms with Gasteiger partial charge in [-0.2, -0.15) is 0 Å². The highest BCUT2D eigenvalue weighted by Crippen LogP contribution is 2.51. The van der Waals surface area contributed by atoms with Crippen LogP contribution in [0, 0.1) is 0 Å². The molecule has 2 aromatic heterocycles. The van der Waals surface area contributed by atoms with E-state index in [0.717, 1.165) is 61.4 Å². The average Bonchev–Trinajstić information content (AvgIpc) is 3.97. The number of hydrogen-bond acceptors (Lipinski definition) is 2. The summed E-state index contributed by atoms with van der Waals surface area (Å²) in [5.74, 6) is 0. The molecule has 0 saturated heterocycles. The van der Waals surface area contributed by atoms with E-state index in [0.29, 0.717) is 0 Å². The number of benzene rings is 10. The fourth-order valence-electron chi connectivity index (χ4n) is 10.7. The van der Waals surface area contributed by atoms with E-state index in [2.05, 4.69) is 242 Å². The number of anilines is 3. The van der Waals surface area contributed by atoms with Crippen LogP contribution in [0.4, 0.5) is 17.1 Å². The van der Waals surface area contributed by atoms with Crippen molar-refractivity contribution in [2.75, 3.05) is 4.90 Å². The third-order valence-corrected chi connectivity index (χ3v) is 13.7. The van der Waals surface area contributed by atoms with Crippen molar-refractivity contribution in [3.8, 4) is 39.1 Å². The molecule has 0 N–H and O–H groups in total. The minimum absolute atomic E-state index is 0.120. The van der Waals surface area contributed by atoms with Crippen LogP contribution < -0.4 is 4.90 Å². The summed E-state index contributed by atoms with van der Waals surface area (Å²) in [5.41, 5.74) is 18.2. The minimum Gasteiger partial charge on any atom is -0.455 e. The van der Waals surface area contributed by atoms with Crippen LogP contribution >= 0.6 is 0 Å². The summed E-state index contributed by atoms with van der Waals surface area (Å²) in [6, 6.07) is 79.8. The summed E-state index contributed by atoms with van der Waals surface area (Å²) in [4.78, 5) is 2.45. The van der Waals surface area contributed by atoms with Gasteiger partial charge in [0.25, 0.3) is 0 Å². The molecule has 3 nitrogen and oxygen atoms in total. The quantitative estimate of drug-likeness (QED) is 0.167. The Labute approximate surface area is 371 Å². The number of para-hydroxylation sites is 4. The van der Waals surface area contributed by atoms with Gasteiger partial charge in [0, 0.05) is 55.1 Å². The van der Waals surface area contributed by atoms with E-state index in [1.165, 1.54) is 60.4 Å². The van der Waals surface area contributed by atoms with Crippen molar-refractivity contribution in [2.24, 2.45) is 0 Å². The van der Waals surface area contributed by atoms with Crippen molar-refractivity contribution >= 4 is 71.6 Å². The van der Waals surface area contributed by atoms with Gasteiger partial charge < -0.3 is 13.9 Å². The third kappa shape index (κ3) is 5.47. The molecule has 12 aromatic rings. The molecule has 64 heavy (non-hydrogen) atoms. The normalized spacial score (nSPS) is 13.0. The first kappa shape index (κ1) is 36.5. The Balaban J connectivity index is 1.06. The zero-order valence-corrected chi connectivity index (χ0v) is 35.6. The van der Waals surface area contributed by atoms with Gasteiger partial charge in [0.1, 0.15) is 11.2 Å². The molecule has 0 radical (unpaired) electrons. The van der Waals surface area contributed by atoms with Crippen LogP contribution in [-0.2, 0) is 5.41 Å². The Morgan fingerprint density at radius 1 is 0.406 bits per heavy atom. The van der Waals surface area contributed by atoms with Crippen LogP contribution in [-0.4, -0.2) is 4.57 Å². The first-order valence-corrected chi connectivity index (χ1v) is 22.2. The van der Waals surface area contributed by atoms with Crippen LogP contribution in [0.1, 0.15) is 25.0 Å². The van der Waals surface area contributed by atoms with Gasteiger partial charge >= 0.3 is 0 Å². The van der Waals surface area contributed by atoms with Gasteiger partial charge in [-0.3, -0.25) is 0 Å². The molecule has 3 heteroatoms. The summed E-state index contributed by atoms with van der Waals surface area (Å²) in [5, 5.41) is 7.04. The van der Waals surface area contributed by atoms with Crippen LogP contribution in [0.15, 0.2) is 223 Å². The lowest BCUT2D eigenvalue weighted by Crippen LogP contribution is -2.15. The molecule has 0 amide bonds. The van der Waals surface area contributed by atoms with Gasteiger partial charge in [0.15, 0.2) is 0 Å². The maximum atomic E-state index is 6.87. The molecule has 0 unspecified atom stereocenters. The van der Waals surface area contributed by atoms with Gasteiger partial charge in [-0.1, -0.05) is 166 Å². The predicted octanol–water partition coefficient (Wildman–Crippen LogP) is 16.9. The molecule has 10 aromatic carbocycles. The van der Waals surface area contributed by atoms with Crippen molar-refractivity contribution < 1.29 is 4.42 Å². The lowest BCUT2D eigenvalue weighted by molar-refractivity contribution is 0.660. The topological polar surface area (TPSA) is 21.3 Å². The number of hydrogen-bond donors (Lipinski definition) is 0. The highest BCUT2D eigenvalue weighted by molar-refractivity contribution is 6.13. The second-order valence-electron chi connectivity index (χ2n) is 17.7. The van der Waals surface area contributed by atoms with E-state index < -0.39 is 0 Å². The fourth-order valence-corrected chi connectivity index (χ4v) is 10.7. The van der Waals surface area contributed by atoms with E-state index >= 15 is 0 Å². The Hall–Kier alpha value is -8.14. The smallest absolute Gasteiger partial charge is 0.143 e. The lowest BCUT2D eigenvalue weighted by Gasteiger charge is -2.29. The second-order valence-corrected chi connectivity index (χ2v) is 17.7. The summed E-state index contributed by atoms with van der Waals surface area (Å²) >= 11 is 0. The highest BCUT2D eigenvalue weighted by Gasteiger charge is 2.35. The maximum absolute atomic E-state index is 6.87. The van der Waals surface area contributed by atoms with E-state index in [9.17, 15) is 0 Å². The molecule has 1 aliphatic rings. The standard InChI is InChI=1S/C61H42N2O/c1-61(2)54-25-10-5-21-47(54)48-33-31-42(36-55(48)61)46-20-6-11-26-56(46)62(44-32-30-39-16-3-4-17-40(39)34-44)45-37-52(60-53(38-45)51-24-9-14-29-59(51)64-60)41-18-15-19-43(35-41)63-57-27-12-7-22-49(57)50-23-8-13-28-58(50)63/h3-38H,1-2H3. The molecule has 2 heterocycles. The van der Waals surface area contributed by atoms with Crippen molar-refractivity contribution in [1.29, 1.82) is 0 Å². The molecule has 0 atom stereocenters. The van der Waals surface area contributed by atoms with Gasteiger partial charge in [0.2, 0.25) is 0 Å². The van der Waals surface area contributed by atoms with E-state index in [4.69, 9.17) is 4.42 Å². The maximum Gasteiger partial charge on any atom is 0.143 e. The molecule has 1 aliphatic carbocycles. The monoisotopic (exact) mass is 818 g/mol. The van der Waals surface area contributed by atoms with Gasteiger partial charge in [-0.15, -0.1) is 0 Å². The molecule has 302 valence electrons. The van der Waals surface area contributed by atoms with Crippen LogP contribution in [0.25, 0.3) is 93.6 Å². The SMILES string of the molecule is CC1(C)c2ccccc2-c2ccc(-c3ccccc3N(c3ccc4ccccc4c3)c3cc(-c4cccc(-n5c6ccccc6c6ccccc65)c4)c4oc5ccccc5c4c3)cc21. The summed E-state index contributed by atoms with van der Waals surface area (Å²) in [6.45, 7) is 4.72. The minimum atomic E-state index is -0.120. The Kier molecular flexibility index (Phi) is 7.95. The number of aromatic nitrogens is 1. The second kappa shape index (κ2) is 13.9. The first-order valence-electron chi connectivity index (χ1n) is 22.2. The van der Waals surface area contributed by atoms with Gasteiger partial charge in [0.05, 0.1) is 16.7 Å². The number of nitrogens with zero attached hydrogens (tertiary/aromatic N) is 2. The third-order valence-electron chi connectivity index (χ3n) is 13.7. The number of rotatable bonds is 6. The molecular weight excluding hydrogens is 777 g/mol. The number of furan rings is 1. The molecule has 0 spiro atoms. The Bertz CT molecular complexity index is 3790. The molecule has 0 bridgehead atoms. The largest absolute Gasteiger partial charge is 0.455 e. The zero-order valence-electron chi connectivity index (χ0n) is 35.6. The first-order chi connectivity index (χ1) is 31.5. The van der Waals surface area contributed by atoms with Crippen molar-refractivity contribution in [2.45, 2.75) is 19.3 Å². The van der Waals surface area contributed by atoms with E-state index in [1.807, 2.05) is 0 Å². The van der Waals surface area contributed by atoms with Crippen molar-refractivity contribution in [3.63, 3.8) is 0 Å². The lowest BCUT2D eigenvalue weighted by atomic mass is 9.81. The molecule has 13 rings (SSSR count). The summed E-state index contributed by atoms with van der Waals surface area (Å²) in [7, 11) is 0. The van der Waals surface area contributed by atoms with Crippen LogP contribution in [0.3, 0.4) is 0 Å². The van der Waals surface area contributed by atoms with Gasteiger partial charge in [-0.05, 0) is 111 Å². The summed E-state index contributed by atoms with van der Waals surface area (Å²) < 4.78 is 9.26. The zero-order chi connectivity index (χ0) is 42.5. The summed E-state index contributed by atoms with van der Waals surface area (Å²) in [6.07, 6.45) is 0. The van der Waals surface area contributed by atoms with Crippen LogP contribution in [0.2, 0.25) is 0 Å². The van der Waals surface area contributed by atoms with Crippen molar-refractivity contribution in [3.05, 3.63) is 230 Å². The van der Waals surface area contributed by atoms with Crippen LogP contribution in [0.5, 0.6) is 0 Å². The average molecular weight is 819 g/mol. The Morgan fingerprint density at radius 2 is 1.06 bits per heavy atom. The highest BCUT2D eigenvalue weighted by atomic mass is 16.3. The number of fused-ring (bicyclic) bond motifs is 10. The molecule has 0 saturated carbocycles. The van der Waals surface area contributed by atoms with Crippen molar-refractivity contribution in [1.82, 2.24) is 4.57 Å².